The molecule has 160 valence electrons. The van der Waals surface area contributed by atoms with Crippen molar-refractivity contribution in [1.82, 2.24) is 29.1 Å². The summed E-state index contributed by atoms with van der Waals surface area (Å²) in [7, 11) is 0. The fourth-order valence-electron chi connectivity index (χ4n) is 4.43. The Morgan fingerprint density at radius 1 is 0.515 bits per heavy atom. The first-order valence-corrected chi connectivity index (χ1v) is 11.1. The Kier molecular flexibility index (Phi) is 4.88. The van der Waals surface area contributed by atoms with Gasteiger partial charge in [-0.25, -0.2) is 9.97 Å². The van der Waals surface area contributed by atoms with E-state index in [4.69, 9.17) is 9.97 Å². The first kappa shape index (κ1) is 19.4. The number of rotatable bonds is 6. The Morgan fingerprint density at radius 2 is 0.939 bits per heavy atom. The highest BCUT2D eigenvalue weighted by Gasteiger charge is 2.15. The zero-order valence-electron chi connectivity index (χ0n) is 18.0. The van der Waals surface area contributed by atoms with Gasteiger partial charge in [-0.15, -0.1) is 0 Å². The van der Waals surface area contributed by atoms with E-state index < -0.39 is 0 Å². The molecule has 0 aliphatic carbocycles. The summed E-state index contributed by atoms with van der Waals surface area (Å²) in [6.45, 7) is 1.70. The van der Waals surface area contributed by atoms with E-state index in [0.717, 1.165) is 64.4 Å². The molecule has 4 heterocycles. The molecule has 0 aliphatic rings. The Balaban J connectivity index is 1.36. The summed E-state index contributed by atoms with van der Waals surface area (Å²) >= 11 is 0. The highest BCUT2D eigenvalue weighted by Crippen LogP contribution is 2.27. The molecule has 4 aromatic heterocycles. The van der Waals surface area contributed by atoms with Gasteiger partial charge in [0.25, 0.3) is 0 Å². The lowest BCUT2D eigenvalue weighted by molar-refractivity contribution is 0.586. The number of hydrogen-bond donors (Lipinski definition) is 0. The Morgan fingerprint density at radius 3 is 1.39 bits per heavy atom. The molecule has 0 radical (unpaired) electrons. The van der Waals surface area contributed by atoms with Gasteiger partial charge < -0.3 is 9.13 Å². The van der Waals surface area contributed by atoms with Crippen LogP contribution in [0.3, 0.4) is 0 Å². The number of imidazole rings is 2. The fraction of sp³-hybridized carbons (Fsp3) is 0.111. The Labute approximate surface area is 191 Å². The van der Waals surface area contributed by atoms with Crippen LogP contribution >= 0.6 is 0 Å². The lowest BCUT2D eigenvalue weighted by Gasteiger charge is -2.12. The van der Waals surface area contributed by atoms with Crippen LogP contribution in [0.1, 0.15) is 6.42 Å². The summed E-state index contributed by atoms with van der Waals surface area (Å²) in [5, 5.41) is 0. The van der Waals surface area contributed by atoms with Gasteiger partial charge in [0.1, 0.15) is 11.6 Å². The SMILES string of the molecule is c1ccc2c(c1)nc(-c1ccncc1)n2CCCn1c(-c2ccncc2)nc2ccccc21. The number of aromatic nitrogens is 6. The van der Waals surface area contributed by atoms with Crippen molar-refractivity contribution in [2.75, 3.05) is 0 Å². The van der Waals surface area contributed by atoms with Crippen molar-refractivity contribution in [2.24, 2.45) is 0 Å². The van der Waals surface area contributed by atoms with Crippen molar-refractivity contribution in [3.8, 4) is 22.8 Å². The van der Waals surface area contributed by atoms with E-state index in [9.17, 15) is 0 Å². The minimum atomic E-state index is 0.848. The molecule has 0 aliphatic heterocycles. The van der Waals surface area contributed by atoms with Crippen LogP contribution in [-0.4, -0.2) is 29.1 Å². The van der Waals surface area contributed by atoms with Crippen LogP contribution in [0.15, 0.2) is 97.6 Å². The Hall–Kier alpha value is -4.32. The monoisotopic (exact) mass is 430 g/mol. The molecule has 2 aromatic carbocycles. The predicted octanol–water partition coefficient (Wildman–Crippen LogP) is 5.60. The molecular formula is C27H22N6. The van der Waals surface area contributed by atoms with Gasteiger partial charge in [0, 0.05) is 49.0 Å². The normalized spacial score (nSPS) is 11.4. The van der Waals surface area contributed by atoms with Gasteiger partial charge in [0.2, 0.25) is 0 Å². The van der Waals surface area contributed by atoms with Crippen molar-refractivity contribution >= 4 is 22.1 Å². The number of para-hydroxylation sites is 4. The van der Waals surface area contributed by atoms with Crippen LogP contribution in [0.5, 0.6) is 0 Å². The van der Waals surface area contributed by atoms with Crippen LogP contribution in [0, 0.1) is 0 Å². The summed E-state index contributed by atoms with van der Waals surface area (Å²) in [6, 6.07) is 24.7. The number of pyridine rings is 2. The van der Waals surface area contributed by atoms with E-state index in [1.54, 1.807) is 0 Å². The molecule has 33 heavy (non-hydrogen) atoms. The van der Waals surface area contributed by atoms with E-state index in [0.29, 0.717) is 0 Å². The van der Waals surface area contributed by atoms with E-state index in [1.807, 2.05) is 61.2 Å². The minimum Gasteiger partial charge on any atom is -0.324 e. The van der Waals surface area contributed by atoms with Gasteiger partial charge in [-0.3, -0.25) is 9.97 Å². The number of aryl methyl sites for hydroxylation is 2. The van der Waals surface area contributed by atoms with Crippen molar-refractivity contribution in [2.45, 2.75) is 19.5 Å². The first-order valence-electron chi connectivity index (χ1n) is 11.1. The standard InChI is InChI=1S/C27H22N6/c1-3-8-24-22(6-1)30-26(20-10-14-28-15-11-20)32(24)18-5-19-33-25-9-4-2-7-23(25)31-27(33)21-12-16-29-17-13-21/h1-4,6-17H,5,18-19H2. The van der Waals surface area contributed by atoms with Crippen molar-refractivity contribution in [1.29, 1.82) is 0 Å². The average molecular weight is 431 g/mol. The molecule has 0 fully saturated rings. The molecule has 6 rings (SSSR count). The average Bonchev–Trinajstić information content (AvgIpc) is 3.44. The topological polar surface area (TPSA) is 61.4 Å². The summed E-state index contributed by atoms with van der Waals surface area (Å²) < 4.78 is 4.63. The van der Waals surface area contributed by atoms with Gasteiger partial charge >= 0.3 is 0 Å². The minimum absolute atomic E-state index is 0.848. The van der Waals surface area contributed by atoms with Crippen LogP contribution in [0.25, 0.3) is 44.8 Å². The van der Waals surface area contributed by atoms with Crippen LogP contribution in [0.4, 0.5) is 0 Å². The molecule has 6 heteroatoms. The zero-order valence-corrected chi connectivity index (χ0v) is 18.0. The largest absolute Gasteiger partial charge is 0.324 e. The molecule has 6 nitrogen and oxygen atoms in total. The van der Waals surface area contributed by atoms with Crippen LogP contribution < -0.4 is 0 Å². The van der Waals surface area contributed by atoms with E-state index in [1.165, 1.54) is 0 Å². The molecule has 0 spiro atoms. The molecule has 0 atom stereocenters. The molecule has 0 saturated heterocycles. The Bertz CT molecular complexity index is 1420. The summed E-state index contributed by atoms with van der Waals surface area (Å²) in [4.78, 5) is 18.2. The molecule has 0 unspecified atom stereocenters. The van der Waals surface area contributed by atoms with Gasteiger partial charge in [-0.2, -0.15) is 0 Å². The van der Waals surface area contributed by atoms with Gasteiger partial charge in [-0.05, 0) is 55.0 Å². The molecular weight excluding hydrogens is 408 g/mol. The van der Waals surface area contributed by atoms with Gasteiger partial charge in [0.15, 0.2) is 0 Å². The smallest absolute Gasteiger partial charge is 0.141 e. The zero-order chi connectivity index (χ0) is 22.0. The molecule has 0 bridgehead atoms. The first-order chi connectivity index (χ1) is 16.4. The maximum Gasteiger partial charge on any atom is 0.141 e. The molecule has 0 saturated carbocycles. The third kappa shape index (κ3) is 3.55. The maximum atomic E-state index is 4.92. The second-order valence-corrected chi connectivity index (χ2v) is 7.98. The van der Waals surface area contributed by atoms with E-state index in [-0.39, 0.29) is 0 Å². The second kappa shape index (κ2) is 8.31. The van der Waals surface area contributed by atoms with Crippen molar-refractivity contribution in [3.05, 3.63) is 97.6 Å². The maximum absolute atomic E-state index is 4.92. The predicted molar refractivity (Wildman–Crippen MR) is 131 cm³/mol. The third-order valence-corrected chi connectivity index (χ3v) is 5.95. The van der Waals surface area contributed by atoms with E-state index in [2.05, 4.69) is 55.5 Å². The third-order valence-electron chi connectivity index (χ3n) is 5.95. The number of fused-ring (bicyclic) bond motifs is 2. The van der Waals surface area contributed by atoms with Crippen molar-refractivity contribution < 1.29 is 0 Å². The highest BCUT2D eigenvalue weighted by molar-refractivity contribution is 5.81. The molecule has 0 amide bonds. The summed E-state index contributed by atoms with van der Waals surface area (Å²) in [6.07, 6.45) is 8.21. The number of benzene rings is 2. The lowest BCUT2D eigenvalue weighted by Crippen LogP contribution is -2.07. The van der Waals surface area contributed by atoms with E-state index >= 15 is 0 Å². The highest BCUT2D eigenvalue weighted by atomic mass is 15.1. The van der Waals surface area contributed by atoms with Crippen molar-refractivity contribution in [3.63, 3.8) is 0 Å². The quantitative estimate of drug-likeness (QED) is 0.345. The molecule has 0 N–H and O–H groups in total. The summed E-state index contributed by atoms with van der Waals surface area (Å²) in [5.41, 5.74) is 6.46. The van der Waals surface area contributed by atoms with Crippen LogP contribution in [0.2, 0.25) is 0 Å². The second-order valence-electron chi connectivity index (χ2n) is 7.98. The van der Waals surface area contributed by atoms with Gasteiger partial charge in [-0.1, -0.05) is 24.3 Å². The number of nitrogens with zero attached hydrogens (tertiary/aromatic N) is 6. The molecule has 6 aromatic rings. The summed E-state index contributed by atoms with van der Waals surface area (Å²) in [5.74, 6) is 1.95. The number of hydrogen-bond acceptors (Lipinski definition) is 4. The van der Waals surface area contributed by atoms with Gasteiger partial charge in [0.05, 0.1) is 22.1 Å². The van der Waals surface area contributed by atoms with Crippen LogP contribution in [-0.2, 0) is 13.1 Å². The lowest BCUT2D eigenvalue weighted by atomic mass is 10.2. The fourth-order valence-corrected chi connectivity index (χ4v) is 4.43.